The van der Waals surface area contributed by atoms with Crippen molar-refractivity contribution in [3.8, 4) is 0 Å². The van der Waals surface area contributed by atoms with E-state index in [0.717, 1.165) is 17.5 Å². The zero-order chi connectivity index (χ0) is 20.4. The number of nitrogens with zero attached hydrogens (tertiary/aromatic N) is 3. The SMILES string of the molecule is COCC(=O)Nc1nc2n(n1)[C@@H](c1ccc(Cl)cc1)C[C@@H](c1ccc(Cl)cc1)N2. The number of fused-ring (bicyclic) bond motifs is 1. The molecule has 0 spiro atoms. The maximum atomic E-state index is 11.9. The average Bonchev–Trinajstić information content (AvgIpc) is 3.11. The Morgan fingerprint density at radius 2 is 1.76 bits per heavy atom. The van der Waals surface area contributed by atoms with Crippen LogP contribution in [0.3, 0.4) is 0 Å². The topological polar surface area (TPSA) is 81.1 Å². The van der Waals surface area contributed by atoms with Gasteiger partial charge in [-0.05, 0) is 41.8 Å². The fourth-order valence-electron chi connectivity index (χ4n) is 3.40. The fraction of sp³-hybridized carbons (Fsp3) is 0.250. The summed E-state index contributed by atoms with van der Waals surface area (Å²) < 4.78 is 6.64. The molecule has 29 heavy (non-hydrogen) atoms. The quantitative estimate of drug-likeness (QED) is 0.628. The van der Waals surface area contributed by atoms with E-state index in [-0.39, 0.29) is 30.5 Å². The van der Waals surface area contributed by atoms with E-state index >= 15 is 0 Å². The second-order valence-electron chi connectivity index (χ2n) is 6.74. The molecule has 0 fully saturated rings. The Morgan fingerprint density at radius 1 is 1.14 bits per heavy atom. The van der Waals surface area contributed by atoms with Gasteiger partial charge in [-0.2, -0.15) is 4.98 Å². The highest BCUT2D eigenvalue weighted by molar-refractivity contribution is 6.30. The zero-order valence-corrected chi connectivity index (χ0v) is 17.1. The first-order chi connectivity index (χ1) is 14.0. The molecular weight excluding hydrogens is 413 g/mol. The highest BCUT2D eigenvalue weighted by Crippen LogP contribution is 2.38. The summed E-state index contributed by atoms with van der Waals surface area (Å²) in [5, 5.41) is 11.9. The van der Waals surface area contributed by atoms with Gasteiger partial charge < -0.3 is 10.1 Å². The van der Waals surface area contributed by atoms with Gasteiger partial charge >= 0.3 is 0 Å². The van der Waals surface area contributed by atoms with Crippen molar-refractivity contribution in [3.63, 3.8) is 0 Å². The number of hydrogen-bond donors (Lipinski definition) is 2. The first-order valence-corrected chi connectivity index (χ1v) is 9.82. The lowest BCUT2D eigenvalue weighted by atomic mass is 9.93. The van der Waals surface area contributed by atoms with Crippen LogP contribution >= 0.6 is 23.2 Å². The van der Waals surface area contributed by atoms with Gasteiger partial charge in [0.05, 0.1) is 12.1 Å². The molecule has 2 atom stereocenters. The normalized spacial score (nSPS) is 18.0. The van der Waals surface area contributed by atoms with Crippen LogP contribution in [0.25, 0.3) is 0 Å². The molecule has 0 radical (unpaired) electrons. The number of anilines is 2. The fourth-order valence-corrected chi connectivity index (χ4v) is 3.65. The van der Waals surface area contributed by atoms with Crippen LogP contribution in [0.2, 0.25) is 10.0 Å². The lowest BCUT2D eigenvalue weighted by Gasteiger charge is -2.31. The van der Waals surface area contributed by atoms with Crippen molar-refractivity contribution in [2.75, 3.05) is 24.4 Å². The van der Waals surface area contributed by atoms with Gasteiger partial charge in [-0.1, -0.05) is 47.5 Å². The Balaban J connectivity index is 1.69. The van der Waals surface area contributed by atoms with Crippen LogP contribution in [0.5, 0.6) is 0 Å². The molecule has 2 aromatic carbocycles. The lowest BCUT2D eigenvalue weighted by Crippen LogP contribution is -2.28. The van der Waals surface area contributed by atoms with Gasteiger partial charge in [0.2, 0.25) is 5.95 Å². The predicted molar refractivity (Wildman–Crippen MR) is 113 cm³/mol. The van der Waals surface area contributed by atoms with Crippen molar-refractivity contribution in [1.82, 2.24) is 14.8 Å². The third kappa shape index (κ3) is 4.37. The van der Waals surface area contributed by atoms with E-state index in [9.17, 15) is 4.79 Å². The third-order valence-electron chi connectivity index (χ3n) is 4.74. The van der Waals surface area contributed by atoms with Gasteiger partial charge in [-0.25, -0.2) is 4.68 Å². The minimum Gasteiger partial charge on any atom is -0.375 e. The average molecular weight is 432 g/mol. The van der Waals surface area contributed by atoms with Crippen molar-refractivity contribution < 1.29 is 9.53 Å². The summed E-state index contributed by atoms with van der Waals surface area (Å²) >= 11 is 12.1. The maximum Gasteiger partial charge on any atom is 0.252 e. The smallest absolute Gasteiger partial charge is 0.252 e. The number of methoxy groups -OCH3 is 1. The highest BCUT2D eigenvalue weighted by Gasteiger charge is 2.31. The van der Waals surface area contributed by atoms with E-state index in [1.54, 1.807) is 4.68 Å². The summed E-state index contributed by atoms with van der Waals surface area (Å²) in [6, 6.07) is 15.3. The summed E-state index contributed by atoms with van der Waals surface area (Å²) in [6.07, 6.45) is 0.741. The molecule has 1 aliphatic heterocycles. The monoisotopic (exact) mass is 431 g/mol. The standard InChI is InChI=1S/C20H19Cl2N5O2/c1-29-11-18(28)24-19-25-20-23-16(12-2-6-14(21)7-3-12)10-17(27(20)26-19)13-4-8-15(22)9-5-13/h2-9,16-17H,10-11H2,1H3,(H2,23,24,25,26,28)/t16-,17+/m0/s1. The number of carbonyl (C=O) groups is 1. The van der Waals surface area contributed by atoms with E-state index in [0.29, 0.717) is 16.0 Å². The summed E-state index contributed by atoms with van der Waals surface area (Å²) in [4.78, 5) is 16.3. The van der Waals surface area contributed by atoms with Gasteiger partial charge in [0.15, 0.2) is 0 Å². The first-order valence-electron chi connectivity index (χ1n) is 9.06. The molecule has 0 bridgehead atoms. The lowest BCUT2D eigenvalue weighted by molar-refractivity contribution is -0.119. The van der Waals surface area contributed by atoms with Gasteiger partial charge in [-0.3, -0.25) is 10.1 Å². The highest BCUT2D eigenvalue weighted by atomic mass is 35.5. The molecule has 7 nitrogen and oxygen atoms in total. The Bertz CT molecular complexity index is 1000. The molecule has 150 valence electrons. The van der Waals surface area contributed by atoms with Crippen molar-refractivity contribution in [3.05, 3.63) is 69.7 Å². The molecule has 3 aromatic rings. The second-order valence-corrected chi connectivity index (χ2v) is 7.61. The number of hydrogen-bond acceptors (Lipinski definition) is 5. The van der Waals surface area contributed by atoms with Crippen molar-refractivity contribution in [1.29, 1.82) is 0 Å². The van der Waals surface area contributed by atoms with Crippen molar-refractivity contribution in [2.45, 2.75) is 18.5 Å². The number of nitrogens with one attached hydrogen (secondary N) is 2. The van der Waals surface area contributed by atoms with Gasteiger partial charge in [0, 0.05) is 17.2 Å². The number of ether oxygens (including phenoxy) is 1. The molecule has 1 aromatic heterocycles. The van der Waals surface area contributed by atoms with Gasteiger partial charge in [0.25, 0.3) is 11.9 Å². The minimum absolute atomic E-state index is 0.00664. The molecule has 2 N–H and O–H groups in total. The third-order valence-corrected chi connectivity index (χ3v) is 5.25. The summed E-state index contributed by atoms with van der Waals surface area (Å²) in [7, 11) is 1.46. The molecule has 1 aliphatic rings. The number of amides is 1. The maximum absolute atomic E-state index is 11.9. The van der Waals surface area contributed by atoms with E-state index < -0.39 is 0 Å². The molecular formula is C20H19Cl2N5O2. The van der Waals surface area contributed by atoms with Crippen LogP contribution in [0.4, 0.5) is 11.9 Å². The number of rotatable bonds is 5. The molecule has 0 saturated heterocycles. The van der Waals surface area contributed by atoms with E-state index in [2.05, 4.69) is 20.7 Å². The van der Waals surface area contributed by atoms with E-state index in [1.165, 1.54) is 7.11 Å². The van der Waals surface area contributed by atoms with Gasteiger partial charge in [-0.15, -0.1) is 5.10 Å². The molecule has 0 aliphatic carbocycles. The second kappa shape index (κ2) is 8.41. The van der Waals surface area contributed by atoms with E-state index in [4.69, 9.17) is 27.9 Å². The summed E-state index contributed by atoms with van der Waals surface area (Å²) in [5.41, 5.74) is 2.14. The molecule has 9 heteroatoms. The summed E-state index contributed by atoms with van der Waals surface area (Å²) in [6.45, 7) is -0.0642. The Labute approximate surface area is 178 Å². The Morgan fingerprint density at radius 3 is 2.38 bits per heavy atom. The molecule has 2 heterocycles. The molecule has 1 amide bonds. The van der Waals surface area contributed by atoms with Crippen LogP contribution in [-0.2, 0) is 9.53 Å². The van der Waals surface area contributed by atoms with Crippen LogP contribution in [-0.4, -0.2) is 34.4 Å². The molecule has 0 unspecified atom stereocenters. The van der Waals surface area contributed by atoms with Crippen molar-refractivity contribution >= 4 is 41.0 Å². The number of aromatic nitrogens is 3. The predicted octanol–water partition coefficient (Wildman–Crippen LogP) is 4.32. The zero-order valence-electron chi connectivity index (χ0n) is 15.6. The Kier molecular flexibility index (Phi) is 5.71. The number of benzene rings is 2. The number of halogens is 2. The van der Waals surface area contributed by atoms with Gasteiger partial charge in [0.1, 0.15) is 6.61 Å². The largest absolute Gasteiger partial charge is 0.375 e. The molecule has 0 saturated carbocycles. The van der Waals surface area contributed by atoms with Crippen molar-refractivity contribution in [2.24, 2.45) is 0 Å². The molecule has 4 rings (SSSR count). The minimum atomic E-state index is -0.312. The first kappa shape index (κ1) is 19.7. The van der Waals surface area contributed by atoms with Crippen LogP contribution in [0, 0.1) is 0 Å². The Hall–Kier alpha value is -2.61. The van der Waals surface area contributed by atoms with Crippen LogP contribution < -0.4 is 10.6 Å². The summed E-state index contributed by atoms with van der Waals surface area (Å²) in [5.74, 6) is 0.488. The van der Waals surface area contributed by atoms with Crippen LogP contribution in [0.15, 0.2) is 48.5 Å². The number of carbonyl (C=O) groups excluding carboxylic acids is 1. The van der Waals surface area contributed by atoms with E-state index in [1.807, 2.05) is 48.5 Å². The van der Waals surface area contributed by atoms with Crippen LogP contribution in [0.1, 0.15) is 29.6 Å².